The predicted octanol–water partition coefficient (Wildman–Crippen LogP) is 10.7. The lowest BCUT2D eigenvalue weighted by Gasteiger charge is -2.15. The molecule has 2 aromatic carbocycles. The van der Waals surface area contributed by atoms with Gasteiger partial charge in [0.05, 0.1) is 27.9 Å². The van der Waals surface area contributed by atoms with Gasteiger partial charge in [0.1, 0.15) is 34.3 Å². The summed E-state index contributed by atoms with van der Waals surface area (Å²) in [6, 6.07) is 25.7. The maximum absolute atomic E-state index is 12.7. The molecule has 0 aliphatic carbocycles. The Hall–Kier alpha value is -7.98. The zero-order valence-electron chi connectivity index (χ0n) is 41.5. The van der Waals surface area contributed by atoms with Crippen LogP contribution in [0.4, 0.5) is 11.6 Å². The first-order valence-electron chi connectivity index (χ1n) is 24.5. The molecule has 2 aliphatic heterocycles. The van der Waals surface area contributed by atoms with Crippen LogP contribution < -0.4 is 16.8 Å². The van der Waals surface area contributed by atoms with E-state index in [1.807, 2.05) is 68.4 Å². The maximum atomic E-state index is 12.7. The van der Waals surface area contributed by atoms with Gasteiger partial charge in [0, 0.05) is 97.4 Å². The van der Waals surface area contributed by atoms with Gasteiger partial charge in [-0.2, -0.15) is 0 Å². The van der Waals surface area contributed by atoms with Crippen LogP contribution in [0, 0.1) is 13.8 Å². The van der Waals surface area contributed by atoms with E-state index in [0.717, 1.165) is 98.5 Å². The number of nitrogens with zero attached hydrogens (tertiary/aromatic N) is 5. The third-order valence-electron chi connectivity index (χ3n) is 12.5. The molecule has 6 aromatic heterocycles. The van der Waals surface area contributed by atoms with Crippen LogP contribution in [-0.4, -0.2) is 90.3 Å². The number of carbonyl (C=O) groups is 4. The molecule has 2 aliphatic rings. The van der Waals surface area contributed by atoms with Crippen molar-refractivity contribution >= 4 is 92.4 Å². The first kappa shape index (κ1) is 53.3. The van der Waals surface area contributed by atoms with Gasteiger partial charge in [0.15, 0.2) is 11.6 Å². The Morgan fingerprint density at radius 3 is 1.57 bits per heavy atom. The zero-order chi connectivity index (χ0) is 53.0. The fraction of sp³-hybridized carbons (Fsp3) is 0.241. The number of pyridine rings is 4. The minimum atomic E-state index is -1.01. The Kier molecular flexibility index (Phi) is 17.7. The second-order valence-corrected chi connectivity index (χ2v) is 19.6. The molecule has 8 heterocycles. The summed E-state index contributed by atoms with van der Waals surface area (Å²) in [6.07, 6.45) is 16.3. The summed E-state index contributed by atoms with van der Waals surface area (Å²) in [5, 5.41) is 14.5. The van der Waals surface area contributed by atoms with Crippen LogP contribution in [0.15, 0.2) is 131 Å². The number of carboxylic acid groups (broad SMARTS) is 1. The quantitative estimate of drug-likeness (QED) is 0.0586. The molecular formula is C58H56Cl2N8O7. The number of hydrogen-bond acceptors (Lipinski definition) is 13. The summed E-state index contributed by atoms with van der Waals surface area (Å²) in [5.74, 6) is 1.30. The van der Waals surface area contributed by atoms with E-state index in [9.17, 15) is 19.2 Å². The Bertz CT molecular complexity index is 3370. The van der Waals surface area contributed by atoms with Crippen LogP contribution in [0.5, 0.6) is 0 Å². The number of ketones is 2. The Balaban J connectivity index is 0.000000180. The number of aromatic carboxylic acids is 1. The molecular weight excluding hydrogens is 992 g/mol. The smallest absolute Gasteiger partial charge is 0.337 e. The van der Waals surface area contributed by atoms with E-state index in [-0.39, 0.29) is 28.4 Å². The van der Waals surface area contributed by atoms with Crippen LogP contribution in [0.3, 0.4) is 0 Å². The third-order valence-corrected chi connectivity index (χ3v) is 13.2. The van der Waals surface area contributed by atoms with Gasteiger partial charge in [-0.1, -0.05) is 0 Å². The minimum absolute atomic E-state index is 0.00373. The molecule has 17 heteroatoms. The number of carbonyl (C=O) groups excluding carboxylic acids is 3. The van der Waals surface area contributed by atoms with Gasteiger partial charge < -0.3 is 35.6 Å². The number of benzene rings is 2. The van der Waals surface area contributed by atoms with E-state index >= 15 is 0 Å². The van der Waals surface area contributed by atoms with Gasteiger partial charge in [-0.3, -0.25) is 24.4 Å². The second-order valence-electron chi connectivity index (χ2n) is 18.4. The molecule has 75 heavy (non-hydrogen) atoms. The van der Waals surface area contributed by atoms with Crippen molar-refractivity contribution in [3.05, 3.63) is 167 Å². The highest BCUT2D eigenvalue weighted by molar-refractivity contribution is 6.21. The number of aromatic nitrogens is 4. The fourth-order valence-electron chi connectivity index (χ4n) is 8.46. The Morgan fingerprint density at radius 2 is 1.19 bits per heavy atom. The number of nitrogen functional groups attached to an aromatic ring is 2. The number of halogens is 2. The number of nitrogens with two attached hydrogens (primary N) is 2. The molecule has 6 N–H and O–H groups in total. The van der Waals surface area contributed by atoms with Gasteiger partial charge in [0.2, 0.25) is 0 Å². The molecule has 8 aromatic rings. The molecule has 0 spiro atoms. The predicted molar refractivity (Wildman–Crippen MR) is 295 cm³/mol. The molecule has 15 nitrogen and oxygen atoms in total. The highest BCUT2D eigenvalue weighted by Crippen LogP contribution is 2.32. The average molecular weight is 1050 g/mol. The van der Waals surface area contributed by atoms with Gasteiger partial charge in [-0.05, 0) is 165 Å². The van der Waals surface area contributed by atoms with Crippen molar-refractivity contribution in [3.63, 3.8) is 0 Å². The van der Waals surface area contributed by atoms with Crippen molar-refractivity contribution in [1.29, 1.82) is 0 Å². The molecule has 2 atom stereocenters. The van der Waals surface area contributed by atoms with Crippen LogP contribution in [0.1, 0.15) is 80.2 Å². The van der Waals surface area contributed by atoms with E-state index in [4.69, 9.17) is 48.6 Å². The van der Waals surface area contributed by atoms with Crippen LogP contribution in [0.25, 0.3) is 56.6 Å². The van der Waals surface area contributed by atoms with E-state index < -0.39 is 5.97 Å². The number of likely N-dealkylation sites (tertiary alicyclic amines) is 1. The lowest BCUT2D eigenvalue weighted by atomic mass is 10.0. The molecule has 0 saturated carbocycles. The van der Waals surface area contributed by atoms with Gasteiger partial charge in [-0.15, -0.1) is 23.2 Å². The Morgan fingerprint density at radius 1 is 0.667 bits per heavy atom. The fourth-order valence-corrected chi connectivity index (χ4v) is 8.94. The number of nitrogens with one attached hydrogen (secondary N) is 1. The van der Waals surface area contributed by atoms with Crippen molar-refractivity contribution in [1.82, 2.24) is 30.2 Å². The molecule has 1 amide bonds. The topological polar surface area (TPSA) is 234 Å². The highest BCUT2D eigenvalue weighted by Gasteiger charge is 2.26. The highest BCUT2D eigenvalue weighted by atomic mass is 35.5. The van der Waals surface area contributed by atoms with Crippen molar-refractivity contribution < 1.29 is 33.1 Å². The van der Waals surface area contributed by atoms with E-state index in [1.165, 1.54) is 18.3 Å². The first-order chi connectivity index (χ1) is 36.1. The summed E-state index contributed by atoms with van der Waals surface area (Å²) in [6.45, 7) is 7.29. The molecule has 2 saturated heterocycles. The van der Waals surface area contributed by atoms with Crippen LogP contribution in [-0.2, 0) is 22.4 Å². The van der Waals surface area contributed by atoms with Crippen molar-refractivity contribution in [2.24, 2.45) is 0 Å². The summed E-state index contributed by atoms with van der Waals surface area (Å²) in [4.78, 5) is 66.9. The molecule has 384 valence electrons. The van der Waals surface area contributed by atoms with Crippen molar-refractivity contribution in [3.8, 4) is 22.5 Å². The number of rotatable bonds is 14. The summed E-state index contributed by atoms with van der Waals surface area (Å²) < 4.78 is 12.0. The summed E-state index contributed by atoms with van der Waals surface area (Å²) >= 11 is 11.8. The van der Waals surface area contributed by atoms with Crippen molar-refractivity contribution in [2.45, 2.75) is 63.1 Å². The monoisotopic (exact) mass is 1050 g/mol. The lowest BCUT2D eigenvalue weighted by molar-refractivity contribution is -0.115. The molecule has 2 fully saturated rings. The van der Waals surface area contributed by atoms with Gasteiger partial charge in [-0.25, -0.2) is 14.8 Å². The Labute approximate surface area is 443 Å². The first-order valence-corrected chi connectivity index (χ1v) is 25.4. The number of anilines is 2. The molecule has 0 radical (unpaired) electrons. The number of amides is 1. The van der Waals surface area contributed by atoms with Gasteiger partial charge >= 0.3 is 5.97 Å². The number of aryl methyl sites for hydroxylation is 4. The van der Waals surface area contributed by atoms with E-state index in [1.54, 1.807) is 66.0 Å². The SMILES string of the molecule is Cc1cc(-c2ccc(C(=O)N3CC[C@H](Cl)C3)cn2)cc2cc(CCC(=O)/C=C/c3ccc(N)nc3)oc12.Cc1cc(-c2ccc(C(=O)O)cn2)cc2cc(CCC(=O)/C=C/c3ccc(N)nc3)oc12.Cl[C@H]1CCNC1. The number of carboxylic acids is 1. The average Bonchev–Trinajstić information content (AvgIpc) is 4.26. The lowest BCUT2D eigenvalue weighted by Crippen LogP contribution is -2.28. The molecule has 0 bridgehead atoms. The van der Waals surface area contributed by atoms with Crippen molar-refractivity contribution in [2.75, 3.05) is 37.6 Å². The number of fused-ring (bicyclic) bond motifs is 2. The zero-order valence-corrected chi connectivity index (χ0v) is 43.0. The van der Waals surface area contributed by atoms with E-state index in [0.29, 0.717) is 67.0 Å². The van der Waals surface area contributed by atoms with Gasteiger partial charge in [0.25, 0.3) is 5.91 Å². The number of allylic oxidation sites excluding steroid dienone is 2. The van der Waals surface area contributed by atoms with Crippen LogP contribution >= 0.6 is 23.2 Å². The van der Waals surface area contributed by atoms with E-state index in [2.05, 4.69) is 25.3 Å². The minimum Gasteiger partial charge on any atom is -0.478 e. The normalized spacial score (nSPS) is 15.3. The summed E-state index contributed by atoms with van der Waals surface area (Å²) in [5.41, 5.74) is 20.2. The molecule has 10 rings (SSSR count). The largest absolute Gasteiger partial charge is 0.478 e. The number of furan rings is 2. The number of hydrogen-bond donors (Lipinski definition) is 4. The number of alkyl halides is 2. The standard InChI is InChI=1S/C29H27ClN4O3.C25H21N3O4.C4H8ClN/c1-18-12-21(26-8-4-20(16-32-26)29(36)34-11-10-23(30)17-34)13-22-14-25(37-28(18)22)7-6-24(35)5-2-19-3-9-27(31)33-15-19;1-15-10-18(22-8-4-17(14-27-22)25(30)31)11-19-12-21(32-24(15)19)7-6-20(29)5-2-16-3-9-23(26)28-13-16;5-4-1-2-6-3-4/h2-5,8-9,12-16,23H,6-7,10-11,17H2,1H3,(H2,31,33);2-5,8-14H,6-7H2,1H3,(H2,26,28)(H,30,31);4,6H,1-3H2/b2*5-2+;/t23-;;4-/m0.0/s1. The molecule has 0 unspecified atom stereocenters. The van der Waals surface area contributed by atoms with Crippen LogP contribution in [0.2, 0.25) is 0 Å². The second kappa shape index (κ2) is 24.8. The maximum Gasteiger partial charge on any atom is 0.337 e. The summed E-state index contributed by atoms with van der Waals surface area (Å²) in [7, 11) is 0. The third kappa shape index (κ3) is 14.6.